The molecule has 18 heavy (non-hydrogen) atoms. The molecule has 1 fully saturated rings. The Bertz CT molecular complexity index is 591. The van der Waals surface area contributed by atoms with Crippen LogP contribution >= 0.6 is 0 Å². The lowest BCUT2D eigenvalue weighted by Crippen LogP contribution is -2.48. The number of aromatic nitrogens is 1. The number of rotatable bonds is 1. The third kappa shape index (κ3) is 1.75. The number of pyridine rings is 1. The summed E-state index contributed by atoms with van der Waals surface area (Å²) < 4.78 is 0. The van der Waals surface area contributed by atoms with Crippen molar-refractivity contribution in [2.45, 2.75) is 18.9 Å². The minimum Gasteiger partial charge on any atom is -0.320 e. The molecule has 1 aliphatic rings. The Morgan fingerprint density at radius 3 is 3.06 bits per heavy atom. The van der Waals surface area contributed by atoms with Crippen LogP contribution < -0.4 is 10.6 Å². The van der Waals surface area contributed by atoms with Crippen molar-refractivity contribution in [2.75, 3.05) is 11.4 Å². The van der Waals surface area contributed by atoms with E-state index in [0.29, 0.717) is 0 Å². The maximum Gasteiger partial charge on any atom is 0.243 e. The van der Waals surface area contributed by atoms with Gasteiger partial charge in [-0.1, -0.05) is 6.07 Å². The van der Waals surface area contributed by atoms with Gasteiger partial charge in [-0.15, -0.1) is 0 Å². The van der Waals surface area contributed by atoms with Crippen LogP contribution in [0.25, 0.3) is 10.9 Å². The minimum atomic E-state index is -0.370. The number of amides is 1. The van der Waals surface area contributed by atoms with Crippen molar-refractivity contribution in [3.63, 3.8) is 0 Å². The highest BCUT2D eigenvalue weighted by atomic mass is 16.2. The van der Waals surface area contributed by atoms with Crippen LogP contribution in [0.5, 0.6) is 0 Å². The summed E-state index contributed by atoms with van der Waals surface area (Å²) in [4.78, 5) is 18.3. The molecule has 0 aliphatic carbocycles. The lowest BCUT2D eigenvalue weighted by molar-refractivity contribution is -0.120. The van der Waals surface area contributed by atoms with E-state index in [1.54, 1.807) is 11.1 Å². The summed E-state index contributed by atoms with van der Waals surface area (Å²) in [5.74, 6) is 0.0117. The van der Waals surface area contributed by atoms with Gasteiger partial charge in [0.1, 0.15) is 0 Å². The van der Waals surface area contributed by atoms with Crippen molar-refractivity contribution in [3.8, 4) is 0 Å². The van der Waals surface area contributed by atoms with E-state index in [0.717, 1.165) is 36.0 Å². The van der Waals surface area contributed by atoms with E-state index in [4.69, 9.17) is 5.73 Å². The topological polar surface area (TPSA) is 59.2 Å². The number of nitrogens with two attached hydrogens (primary N) is 1. The van der Waals surface area contributed by atoms with Crippen molar-refractivity contribution in [1.29, 1.82) is 0 Å². The van der Waals surface area contributed by atoms with E-state index in [-0.39, 0.29) is 11.9 Å². The molecule has 1 atom stereocenters. The Balaban J connectivity index is 2.11. The Kier molecular flexibility index (Phi) is 2.72. The van der Waals surface area contributed by atoms with Gasteiger partial charge in [-0.2, -0.15) is 0 Å². The lowest BCUT2D eigenvalue weighted by atomic mass is 10.0. The minimum absolute atomic E-state index is 0.0117. The Morgan fingerprint density at radius 1 is 1.28 bits per heavy atom. The summed E-state index contributed by atoms with van der Waals surface area (Å²) in [7, 11) is 0. The molecule has 0 bridgehead atoms. The molecular weight excluding hydrogens is 226 g/mol. The van der Waals surface area contributed by atoms with Gasteiger partial charge in [0, 0.05) is 18.1 Å². The number of hydrogen-bond acceptors (Lipinski definition) is 3. The van der Waals surface area contributed by atoms with Crippen molar-refractivity contribution >= 4 is 22.5 Å². The molecule has 92 valence electrons. The van der Waals surface area contributed by atoms with Crippen molar-refractivity contribution < 1.29 is 4.79 Å². The number of carbonyl (C=O) groups excluding carboxylic acids is 1. The highest BCUT2D eigenvalue weighted by Gasteiger charge is 2.27. The van der Waals surface area contributed by atoms with Crippen LogP contribution in [-0.2, 0) is 4.79 Å². The zero-order valence-corrected chi connectivity index (χ0v) is 10.0. The quantitative estimate of drug-likeness (QED) is 0.826. The second-order valence-corrected chi connectivity index (χ2v) is 4.59. The maximum atomic E-state index is 12.1. The molecule has 4 nitrogen and oxygen atoms in total. The predicted molar refractivity (Wildman–Crippen MR) is 71.3 cm³/mol. The SMILES string of the molecule is NC1CCCN(c2cccc3ncccc23)C1=O. The first-order valence-electron chi connectivity index (χ1n) is 6.18. The van der Waals surface area contributed by atoms with Crippen LogP contribution in [0.1, 0.15) is 12.8 Å². The Labute approximate surface area is 105 Å². The van der Waals surface area contributed by atoms with E-state index < -0.39 is 0 Å². The van der Waals surface area contributed by atoms with Crippen LogP contribution in [0.15, 0.2) is 36.5 Å². The van der Waals surface area contributed by atoms with Gasteiger partial charge >= 0.3 is 0 Å². The smallest absolute Gasteiger partial charge is 0.243 e. The molecule has 2 N–H and O–H groups in total. The zero-order valence-electron chi connectivity index (χ0n) is 10.0. The van der Waals surface area contributed by atoms with Crippen LogP contribution in [0.2, 0.25) is 0 Å². The number of hydrogen-bond donors (Lipinski definition) is 1. The molecule has 1 aromatic heterocycles. The summed E-state index contributed by atoms with van der Waals surface area (Å²) in [6.45, 7) is 0.737. The molecule has 0 spiro atoms. The Morgan fingerprint density at radius 2 is 2.17 bits per heavy atom. The largest absolute Gasteiger partial charge is 0.320 e. The molecule has 1 aromatic carbocycles. The standard InChI is InChI=1S/C14H15N3O/c15-11-5-3-9-17(14(11)18)13-7-1-6-12-10(13)4-2-8-16-12/h1-2,4,6-8,11H,3,5,9,15H2. The fourth-order valence-corrected chi connectivity index (χ4v) is 2.46. The second kappa shape index (κ2) is 4.38. The van der Waals surface area contributed by atoms with Gasteiger partial charge in [0.05, 0.1) is 17.2 Å². The number of nitrogens with zero attached hydrogens (tertiary/aromatic N) is 2. The third-order valence-corrected chi connectivity index (χ3v) is 3.39. The maximum absolute atomic E-state index is 12.1. The molecule has 2 heterocycles. The summed E-state index contributed by atoms with van der Waals surface area (Å²) >= 11 is 0. The van der Waals surface area contributed by atoms with Crippen LogP contribution in [0.3, 0.4) is 0 Å². The van der Waals surface area contributed by atoms with Gasteiger partial charge < -0.3 is 10.6 Å². The van der Waals surface area contributed by atoms with Crippen LogP contribution in [0.4, 0.5) is 5.69 Å². The van der Waals surface area contributed by atoms with Crippen LogP contribution in [-0.4, -0.2) is 23.5 Å². The van der Waals surface area contributed by atoms with E-state index in [9.17, 15) is 4.79 Å². The fraction of sp³-hybridized carbons (Fsp3) is 0.286. The van der Waals surface area contributed by atoms with E-state index in [2.05, 4.69) is 4.98 Å². The zero-order chi connectivity index (χ0) is 12.5. The molecule has 0 saturated carbocycles. The van der Waals surface area contributed by atoms with Gasteiger partial charge in [-0.05, 0) is 37.1 Å². The first-order chi connectivity index (χ1) is 8.77. The third-order valence-electron chi connectivity index (χ3n) is 3.39. The lowest BCUT2D eigenvalue weighted by Gasteiger charge is -2.31. The summed E-state index contributed by atoms with van der Waals surface area (Å²) in [6, 6.07) is 9.35. The van der Waals surface area contributed by atoms with Gasteiger partial charge in [-0.25, -0.2) is 0 Å². The van der Waals surface area contributed by atoms with E-state index in [1.165, 1.54) is 0 Å². The number of anilines is 1. The molecular formula is C14H15N3O. The molecule has 2 aromatic rings. The monoisotopic (exact) mass is 241 g/mol. The van der Waals surface area contributed by atoms with Gasteiger partial charge in [0.25, 0.3) is 0 Å². The fourth-order valence-electron chi connectivity index (χ4n) is 2.46. The highest BCUT2D eigenvalue weighted by Crippen LogP contribution is 2.28. The second-order valence-electron chi connectivity index (χ2n) is 4.59. The van der Waals surface area contributed by atoms with Gasteiger partial charge in [0.2, 0.25) is 5.91 Å². The first-order valence-corrected chi connectivity index (χ1v) is 6.18. The van der Waals surface area contributed by atoms with Crippen molar-refractivity contribution in [2.24, 2.45) is 5.73 Å². The van der Waals surface area contributed by atoms with Crippen molar-refractivity contribution in [1.82, 2.24) is 4.98 Å². The molecule has 1 aliphatic heterocycles. The Hall–Kier alpha value is -1.94. The molecule has 1 amide bonds. The molecule has 4 heteroatoms. The normalized spacial score (nSPS) is 20.4. The molecule has 1 saturated heterocycles. The molecule has 1 unspecified atom stereocenters. The summed E-state index contributed by atoms with van der Waals surface area (Å²) in [5, 5.41) is 1.00. The van der Waals surface area contributed by atoms with Crippen LogP contribution in [0, 0.1) is 0 Å². The van der Waals surface area contributed by atoms with Crippen molar-refractivity contribution in [3.05, 3.63) is 36.5 Å². The summed E-state index contributed by atoms with van der Waals surface area (Å²) in [6.07, 6.45) is 3.48. The van der Waals surface area contributed by atoms with E-state index in [1.807, 2.05) is 30.3 Å². The highest BCUT2D eigenvalue weighted by molar-refractivity contribution is 6.05. The summed E-state index contributed by atoms with van der Waals surface area (Å²) in [5.41, 5.74) is 7.67. The number of piperidine rings is 1. The van der Waals surface area contributed by atoms with Gasteiger partial charge in [0.15, 0.2) is 0 Å². The number of benzene rings is 1. The predicted octanol–water partition coefficient (Wildman–Crippen LogP) is 1.69. The van der Waals surface area contributed by atoms with Gasteiger partial charge in [-0.3, -0.25) is 9.78 Å². The number of fused-ring (bicyclic) bond motifs is 1. The number of carbonyl (C=O) groups is 1. The average Bonchev–Trinajstić information content (AvgIpc) is 2.41. The van der Waals surface area contributed by atoms with E-state index >= 15 is 0 Å². The average molecular weight is 241 g/mol. The molecule has 0 radical (unpaired) electrons. The molecule has 3 rings (SSSR count). The first kappa shape index (κ1) is 11.2.